The maximum atomic E-state index is 12.9. The van der Waals surface area contributed by atoms with Crippen LogP contribution in [-0.2, 0) is 23.1 Å². The summed E-state index contributed by atoms with van der Waals surface area (Å²) in [6.45, 7) is 11.4. The highest BCUT2D eigenvalue weighted by molar-refractivity contribution is 7.53. The van der Waals surface area contributed by atoms with E-state index < -0.39 is 37.5 Å². The highest BCUT2D eigenvalue weighted by Gasteiger charge is 2.47. The molecule has 0 spiro atoms. The Hall–Kier alpha value is -1.11. The summed E-state index contributed by atoms with van der Waals surface area (Å²) in [5.41, 5.74) is -0.744. The minimum atomic E-state index is -3.30. The monoisotopic (exact) mass is 449 g/mol. The van der Waals surface area contributed by atoms with Crippen LogP contribution in [0.5, 0.6) is 0 Å². The molecule has 1 fully saturated rings. The van der Waals surface area contributed by atoms with Gasteiger partial charge >= 0.3 is 19.8 Å². The summed E-state index contributed by atoms with van der Waals surface area (Å²) in [5, 5.41) is 0. The standard InChI is InChI=1S/C21H40NO7P/c1-7-10-11-12-13-14-18-17(15-16-30(25,26-8-2)27-9-3)22(19(23)28-18)20(24)29-21(4,5)6/h17-18H,7-16H2,1-6H3/t17-,18+/m0/s1. The molecule has 0 unspecified atom stereocenters. The lowest BCUT2D eigenvalue weighted by Gasteiger charge is -2.27. The number of hydrogen-bond donors (Lipinski definition) is 0. The second-order valence-electron chi connectivity index (χ2n) is 8.50. The number of hydrogen-bond acceptors (Lipinski definition) is 7. The maximum Gasteiger partial charge on any atom is 0.420 e. The van der Waals surface area contributed by atoms with Gasteiger partial charge in [-0.15, -0.1) is 0 Å². The van der Waals surface area contributed by atoms with E-state index in [0.29, 0.717) is 6.42 Å². The average molecular weight is 450 g/mol. The van der Waals surface area contributed by atoms with Gasteiger partial charge in [0.2, 0.25) is 0 Å². The lowest BCUT2D eigenvalue weighted by Crippen LogP contribution is -2.44. The minimum Gasteiger partial charge on any atom is -0.443 e. The van der Waals surface area contributed by atoms with E-state index >= 15 is 0 Å². The molecule has 1 aliphatic heterocycles. The highest BCUT2D eigenvalue weighted by atomic mass is 31.2. The second kappa shape index (κ2) is 12.7. The molecule has 1 rings (SSSR count). The first-order valence-electron chi connectivity index (χ1n) is 11.2. The van der Waals surface area contributed by atoms with Crippen LogP contribution in [0.1, 0.15) is 86.5 Å². The molecule has 2 amide bonds. The molecule has 176 valence electrons. The fourth-order valence-corrected chi connectivity index (χ4v) is 5.15. The Labute approximate surface area is 181 Å². The van der Waals surface area contributed by atoms with E-state index in [2.05, 4.69) is 6.92 Å². The third-order valence-corrected chi connectivity index (χ3v) is 6.85. The predicted octanol–water partition coefficient (Wildman–Crippen LogP) is 6.13. The fourth-order valence-electron chi connectivity index (χ4n) is 3.45. The summed E-state index contributed by atoms with van der Waals surface area (Å²) >= 11 is 0. The average Bonchev–Trinajstić information content (AvgIpc) is 2.94. The predicted molar refractivity (Wildman–Crippen MR) is 116 cm³/mol. The van der Waals surface area contributed by atoms with Crippen LogP contribution in [0.2, 0.25) is 0 Å². The number of cyclic esters (lactones) is 1. The van der Waals surface area contributed by atoms with E-state index in [1.807, 2.05) is 0 Å². The molecule has 0 aliphatic carbocycles. The van der Waals surface area contributed by atoms with Gasteiger partial charge in [-0.3, -0.25) is 4.57 Å². The van der Waals surface area contributed by atoms with E-state index in [0.717, 1.165) is 30.6 Å². The smallest absolute Gasteiger partial charge is 0.420 e. The van der Waals surface area contributed by atoms with Crippen molar-refractivity contribution in [2.24, 2.45) is 0 Å². The summed E-state index contributed by atoms with van der Waals surface area (Å²) in [7, 11) is -3.30. The molecule has 9 heteroatoms. The van der Waals surface area contributed by atoms with Crippen LogP contribution in [0.25, 0.3) is 0 Å². The van der Waals surface area contributed by atoms with Gasteiger partial charge in [-0.25, -0.2) is 14.5 Å². The number of imide groups is 1. The Balaban J connectivity index is 2.92. The molecule has 1 heterocycles. The van der Waals surface area contributed by atoms with Crippen LogP contribution in [0.15, 0.2) is 0 Å². The molecular formula is C21H40NO7P. The zero-order valence-electron chi connectivity index (χ0n) is 19.5. The molecule has 0 bridgehead atoms. The van der Waals surface area contributed by atoms with E-state index in [1.165, 1.54) is 6.42 Å². The number of unbranched alkanes of at least 4 members (excludes halogenated alkanes) is 4. The first-order valence-corrected chi connectivity index (χ1v) is 12.9. The Bertz CT molecular complexity index is 580. The number of carbonyl (C=O) groups is 2. The van der Waals surface area contributed by atoms with Crippen molar-refractivity contribution in [1.82, 2.24) is 4.90 Å². The van der Waals surface area contributed by atoms with Gasteiger partial charge in [-0.1, -0.05) is 32.6 Å². The van der Waals surface area contributed by atoms with E-state index in [1.54, 1.807) is 34.6 Å². The number of ether oxygens (including phenoxy) is 2. The van der Waals surface area contributed by atoms with Crippen molar-refractivity contribution in [3.8, 4) is 0 Å². The van der Waals surface area contributed by atoms with Gasteiger partial charge in [-0.05, 0) is 53.9 Å². The normalized spacial score (nSPS) is 19.8. The van der Waals surface area contributed by atoms with Crippen LogP contribution >= 0.6 is 7.60 Å². The quantitative estimate of drug-likeness (QED) is 0.247. The fraction of sp³-hybridized carbons (Fsp3) is 0.905. The minimum absolute atomic E-state index is 0.0988. The van der Waals surface area contributed by atoms with Crippen LogP contribution in [0, 0.1) is 0 Å². The molecule has 0 saturated carbocycles. The Morgan fingerprint density at radius 1 is 1.03 bits per heavy atom. The molecule has 8 nitrogen and oxygen atoms in total. The molecule has 2 atom stereocenters. The number of amides is 2. The van der Waals surface area contributed by atoms with Crippen molar-refractivity contribution in [2.75, 3.05) is 19.4 Å². The topological polar surface area (TPSA) is 91.4 Å². The first-order chi connectivity index (χ1) is 14.1. The SMILES string of the molecule is CCCCCCC[C@H]1OC(=O)N(C(=O)OC(C)(C)C)[C@H]1CCP(=O)(OCC)OCC. The summed E-state index contributed by atoms with van der Waals surface area (Å²) < 4.78 is 34.6. The zero-order valence-corrected chi connectivity index (χ0v) is 20.4. The summed E-state index contributed by atoms with van der Waals surface area (Å²) in [4.78, 5) is 26.2. The largest absolute Gasteiger partial charge is 0.443 e. The van der Waals surface area contributed by atoms with Gasteiger partial charge in [0.15, 0.2) is 0 Å². The van der Waals surface area contributed by atoms with Crippen molar-refractivity contribution in [3.63, 3.8) is 0 Å². The van der Waals surface area contributed by atoms with Crippen LogP contribution in [0.3, 0.4) is 0 Å². The van der Waals surface area contributed by atoms with E-state index in [4.69, 9.17) is 18.5 Å². The summed E-state index contributed by atoms with van der Waals surface area (Å²) in [6.07, 6.45) is 4.48. The lowest BCUT2D eigenvalue weighted by molar-refractivity contribution is 0.0282. The maximum absolute atomic E-state index is 12.9. The van der Waals surface area contributed by atoms with Gasteiger partial charge < -0.3 is 18.5 Å². The van der Waals surface area contributed by atoms with E-state index in [-0.39, 0.29) is 25.8 Å². The number of carbonyl (C=O) groups excluding carboxylic acids is 2. The zero-order chi connectivity index (χ0) is 22.8. The lowest BCUT2D eigenvalue weighted by atomic mass is 10.0. The first kappa shape index (κ1) is 26.9. The number of rotatable bonds is 13. The van der Waals surface area contributed by atoms with Crippen molar-refractivity contribution in [3.05, 3.63) is 0 Å². The van der Waals surface area contributed by atoms with Gasteiger partial charge in [-0.2, -0.15) is 0 Å². The Morgan fingerprint density at radius 3 is 2.17 bits per heavy atom. The molecule has 0 aromatic rings. The molecule has 1 aliphatic rings. The van der Waals surface area contributed by atoms with Crippen LogP contribution < -0.4 is 0 Å². The molecule has 0 aromatic heterocycles. The second-order valence-corrected chi connectivity index (χ2v) is 10.7. The van der Waals surface area contributed by atoms with Gasteiger partial charge in [0.25, 0.3) is 0 Å². The van der Waals surface area contributed by atoms with Crippen molar-refractivity contribution < 1.29 is 32.7 Å². The van der Waals surface area contributed by atoms with Gasteiger partial charge in [0, 0.05) is 0 Å². The van der Waals surface area contributed by atoms with Crippen molar-refractivity contribution >= 4 is 19.8 Å². The molecule has 1 saturated heterocycles. The molecule has 30 heavy (non-hydrogen) atoms. The summed E-state index contributed by atoms with van der Waals surface area (Å²) in [5.74, 6) is 0. The third-order valence-electron chi connectivity index (χ3n) is 4.74. The van der Waals surface area contributed by atoms with Crippen LogP contribution in [-0.4, -0.2) is 54.2 Å². The Kier molecular flexibility index (Phi) is 11.4. The van der Waals surface area contributed by atoms with Crippen molar-refractivity contribution in [2.45, 2.75) is 104 Å². The van der Waals surface area contributed by atoms with Gasteiger partial charge in [0.1, 0.15) is 11.7 Å². The number of nitrogens with zero attached hydrogens (tertiary/aromatic N) is 1. The van der Waals surface area contributed by atoms with Crippen molar-refractivity contribution in [1.29, 1.82) is 0 Å². The molecule has 0 radical (unpaired) electrons. The molecule has 0 aromatic carbocycles. The third kappa shape index (κ3) is 8.94. The Morgan fingerprint density at radius 2 is 1.63 bits per heavy atom. The molecule has 0 N–H and O–H groups in total. The van der Waals surface area contributed by atoms with E-state index in [9.17, 15) is 14.2 Å². The summed E-state index contributed by atoms with van der Waals surface area (Å²) in [6, 6.07) is -0.562. The molecular weight excluding hydrogens is 409 g/mol. The van der Waals surface area contributed by atoms with Crippen LogP contribution in [0.4, 0.5) is 9.59 Å². The highest BCUT2D eigenvalue weighted by Crippen LogP contribution is 2.49. The van der Waals surface area contributed by atoms with Gasteiger partial charge in [0.05, 0.1) is 25.4 Å².